The Morgan fingerprint density at radius 3 is 2.96 bits per heavy atom. The molecular weight excluding hydrogens is 344 g/mol. The van der Waals surface area contributed by atoms with Crippen LogP contribution in [0.5, 0.6) is 0 Å². The first-order valence-electron chi connectivity index (χ1n) is 8.10. The molecule has 2 aromatic heterocycles. The van der Waals surface area contributed by atoms with Gasteiger partial charge in [-0.25, -0.2) is 0 Å². The van der Waals surface area contributed by atoms with Gasteiger partial charge in [-0.3, -0.25) is 4.79 Å². The van der Waals surface area contributed by atoms with E-state index in [4.69, 9.17) is 4.74 Å². The van der Waals surface area contributed by atoms with Crippen LogP contribution in [0.3, 0.4) is 0 Å². The van der Waals surface area contributed by atoms with Crippen molar-refractivity contribution < 1.29 is 9.53 Å². The lowest BCUT2D eigenvalue weighted by molar-refractivity contribution is -0.118. The maximum absolute atomic E-state index is 11.9. The standard InChI is InChI=1S/C16H24N4O2S2/c1-4-20-15(13-7-5-10-23-13)18-19-16(20)24-11-14(21)17-8-6-9-22-12(2)3/h5,7,10,12H,4,6,8-9,11H2,1-3H3,(H,17,21). The highest BCUT2D eigenvalue weighted by Crippen LogP contribution is 2.26. The Kier molecular flexibility index (Phi) is 7.74. The molecule has 1 N–H and O–H groups in total. The van der Waals surface area contributed by atoms with E-state index in [0.717, 1.165) is 28.8 Å². The molecule has 0 saturated carbocycles. The number of hydrogen-bond donors (Lipinski definition) is 1. The number of thiophene rings is 1. The number of nitrogens with one attached hydrogen (secondary N) is 1. The Morgan fingerprint density at radius 2 is 2.29 bits per heavy atom. The summed E-state index contributed by atoms with van der Waals surface area (Å²) in [4.78, 5) is 13.0. The van der Waals surface area contributed by atoms with Gasteiger partial charge in [0.2, 0.25) is 5.91 Å². The molecule has 0 fully saturated rings. The van der Waals surface area contributed by atoms with Gasteiger partial charge in [0.1, 0.15) is 0 Å². The highest BCUT2D eigenvalue weighted by molar-refractivity contribution is 7.99. The minimum absolute atomic E-state index is 0.00729. The summed E-state index contributed by atoms with van der Waals surface area (Å²) in [7, 11) is 0. The van der Waals surface area contributed by atoms with Crippen LogP contribution in [0.1, 0.15) is 27.2 Å². The van der Waals surface area contributed by atoms with E-state index < -0.39 is 0 Å². The Morgan fingerprint density at radius 1 is 1.46 bits per heavy atom. The zero-order chi connectivity index (χ0) is 17.4. The Hall–Kier alpha value is -1.38. The van der Waals surface area contributed by atoms with E-state index in [1.54, 1.807) is 11.3 Å². The Labute approximate surface area is 151 Å². The lowest BCUT2D eigenvalue weighted by Gasteiger charge is -2.08. The van der Waals surface area contributed by atoms with Gasteiger partial charge in [0.25, 0.3) is 0 Å². The van der Waals surface area contributed by atoms with Crippen LogP contribution >= 0.6 is 23.1 Å². The molecule has 0 spiro atoms. The van der Waals surface area contributed by atoms with E-state index in [-0.39, 0.29) is 12.0 Å². The van der Waals surface area contributed by atoms with Crippen LogP contribution in [0.2, 0.25) is 0 Å². The molecule has 2 rings (SSSR count). The van der Waals surface area contributed by atoms with E-state index in [2.05, 4.69) is 22.4 Å². The summed E-state index contributed by atoms with van der Waals surface area (Å²) in [5.41, 5.74) is 0. The number of carbonyl (C=O) groups is 1. The van der Waals surface area contributed by atoms with Gasteiger partial charge < -0.3 is 14.6 Å². The molecule has 0 atom stereocenters. The summed E-state index contributed by atoms with van der Waals surface area (Å²) >= 11 is 3.05. The SMILES string of the molecule is CCn1c(SCC(=O)NCCCOC(C)C)nnc1-c1cccs1. The van der Waals surface area contributed by atoms with E-state index >= 15 is 0 Å². The average Bonchev–Trinajstić information content (AvgIpc) is 3.20. The van der Waals surface area contributed by atoms with Crippen LogP contribution in [0, 0.1) is 0 Å². The van der Waals surface area contributed by atoms with Crippen molar-refractivity contribution in [3.05, 3.63) is 17.5 Å². The summed E-state index contributed by atoms with van der Waals surface area (Å²) in [5.74, 6) is 1.21. The molecule has 8 heteroatoms. The molecule has 0 aromatic carbocycles. The van der Waals surface area contributed by atoms with E-state index in [1.165, 1.54) is 11.8 Å². The maximum Gasteiger partial charge on any atom is 0.230 e. The topological polar surface area (TPSA) is 69.0 Å². The lowest BCUT2D eigenvalue weighted by Crippen LogP contribution is -2.27. The molecule has 0 aliphatic heterocycles. The number of rotatable bonds is 10. The number of nitrogens with zero attached hydrogens (tertiary/aromatic N) is 3. The zero-order valence-electron chi connectivity index (χ0n) is 14.3. The van der Waals surface area contributed by atoms with E-state index in [9.17, 15) is 4.79 Å². The number of amides is 1. The molecule has 0 unspecified atom stereocenters. The normalized spacial score (nSPS) is 11.2. The third-order valence-electron chi connectivity index (χ3n) is 3.20. The van der Waals surface area contributed by atoms with Crippen molar-refractivity contribution >= 4 is 29.0 Å². The van der Waals surface area contributed by atoms with Crippen molar-refractivity contribution in [1.82, 2.24) is 20.1 Å². The molecule has 2 heterocycles. The van der Waals surface area contributed by atoms with Gasteiger partial charge in [-0.05, 0) is 38.6 Å². The number of hydrogen-bond acceptors (Lipinski definition) is 6. The van der Waals surface area contributed by atoms with Crippen LogP contribution < -0.4 is 5.32 Å². The van der Waals surface area contributed by atoms with Crippen molar-refractivity contribution in [2.45, 2.75) is 45.0 Å². The third kappa shape index (κ3) is 5.61. The van der Waals surface area contributed by atoms with Crippen molar-refractivity contribution in [2.75, 3.05) is 18.9 Å². The quantitative estimate of drug-likeness (QED) is 0.516. The van der Waals surface area contributed by atoms with Gasteiger partial charge in [0.15, 0.2) is 11.0 Å². The highest BCUT2D eigenvalue weighted by atomic mass is 32.2. The summed E-state index contributed by atoms with van der Waals surface area (Å²) in [5, 5.41) is 14.2. The summed E-state index contributed by atoms with van der Waals surface area (Å²) in [6, 6.07) is 4.03. The van der Waals surface area contributed by atoms with Crippen molar-refractivity contribution in [2.24, 2.45) is 0 Å². The molecule has 0 aliphatic rings. The van der Waals surface area contributed by atoms with Gasteiger partial charge in [-0.15, -0.1) is 21.5 Å². The van der Waals surface area contributed by atoms with Crippen molar-refractivity contribution in [1.29, 1.82) is 0 Å². The number of carbonyl (C=O) groups excluding carboxylic acids is 1. The first-order chi connectivity index (χ1) is 11.6. The minimum Gasteiger partial charge on any atom is -0.379 e. The molecular formula is C16H24N4O2S2. The maximum atomic E-state index is 11.9. The van der Waals surface area contributed by atoms with Crippen LogP contribution in [-0.4, -0.2) is 45.7 Å². The largest absolute Gasteiger partial charge is 0.379 e. The monoisotopic (exact) mass is 368 g/mol. The van der Waals surface area contributed by atoms with Crippen LogP contribution in [-0.2, 0) is 16.1 Å². The van der Waals surface area contributed by atoms with Crippen LogP contribution in [0.4, 0.5) is 0 Å². The predicted octanol–water partition coefficient (Wildman–Crippen LogP) is 3.05. The first kappa shape index (κ1) is 19.0. The summed E-state index contributed by atoms with van der Waals surface area (Å²) in [6.45, 7) is 8.13. The molecule has 1 amide bonds. The molecule has 0 aliphatic carbocycles. The smallest absolute Gasteiger partial charge is 0.230 e. The minimum atomic E-state index is 0.00729. The lowest BCUT2D eigenvalue weighted by atomic mass is 10.4. The molecule has 2 aromatic rings. The van der Waals surface area contributed by atoms with Gasteiger partial charge in [0, 0.05) is 19.7 Å². The third-order valence-corrected chi connectivity index (χ3v) is 5.03. The molecule has 0 bridgehead atoms. The highest BCUT2D eigenvalue weighted by Gasteiger charge is 2.14. The fraction of sp³-hybridized carbons (Fsp3) is 0.562. The first-order valence-corrected chi connectivity index (χ1v) is 9.96. The van der Waals surface area contributed by atoms with E-state index in [0.29, 0.717) is 18.9 Å². The number of thioether (sulfide) groups is 1. The zero-order valence-corrected chi connectivity index (χ0v) is 16.0. The number of aromatic nitrogens is 3. The average molecular weight is 369 g/mol. The number of ether oxygens (including phenoxy) is 1. The van der Waals surface area contributed by atoms with Gasteiger partial charge in [-0.1, -0.05) is 17.8 Å². The second-order valence-corrected chi connectivity index (χ2v) is 7.33. The molecule has 6 nitrogen and oxygen atoms in total. The summed E-state index contributed by atoms with van der Waals surface area (Å²) in [6.07, 6.45) is 1.05. The Balaban J connectivity index is 1.79. The molecule has 24 heavy (non-hydrogen) atoms. The van der Waals surface area contributed by atoms with Crippen LogP contribution in [0.25, 0.3) is 10.7 Å². The van der Waals surface area contributed by atoms with Gasteiger partial charge in [0.05, 0.1) is 16.7 Å². The predicted molar refractivity (Wildman–Crippen MR) is 98.4 cm³/mol. The second kappa shape index (κ2) is 9.80. The summed E-state index contributed by atoms with van der Waals surface area (Å²) < 4.78 is 7.49. The van der Waals surface area contributed by atoms with Gasteiger partial charge in [-0.2, -0.15) is 0 Å². The van der Waals surface area contributed by atoms with Gasteiger partial charge >= 0.3 is 0 Å². The van der Waals surface area contributed by atoms with Crippen molar-refractivity contribution in [3.8, 4) is 10.7 Å². The van der Waals surface area contributed by atoms with Crippen molar-refractivity contribution in [3.63, 3.8) is 0 Å². The molecule has 0 saturated heterocycles. The molecule has 132 valence electrons. The fourth-order valence-corrected chi connectivity index (χ4v) is 3.62. The van der Waals surface area contributed by atoms with Crippen LogP contribution in [0.15, 0.2) is 22.7 Å². The Bertz CT molecular complexity index is 626. The second-order valence-electron chi connectivity index (χ2n) is 5.44. The van der Waals surface area contributed by atoms with E-state index in [1.807, 2.05) is 35.9 Å². The molecule has 0 radical (unpaired) electrons. The fourth-order valence-electron chi connectivity index (χ4n) is 2.07.